The molecule has 2 heterocycles. The maximum Gasteiger partial charge on any atom is 0.294 e. The van der Waals surface area contributed by atoms with Gasteiger partial charge >= 0.3 is 0 Å². The summed E-state index contributed by atoms with van der Waals surface area (Å²) in [7, 11) is 0. The highest BCUT2D eigenvalue weighted by atomic mass is 16.9. The van der Waals surface area contributed by atoms with E-state index < -0.39 is 11.2 Å². The van der Waals surface area contributed by atoms with E-state index in [0.717, 1.165) is 0 Å². The first-order chi connectivity index (χ1) is 8.18. The summed E-state index contributed by atoms with van der Waals surface area (Å²) in [6.45, 7) is 0.991. The van der Waals surface area contributed by atoms with Gasteiger partial charge in [0.15, 0.2) is 0 Å². The number of aliphatic hydroxyl groups excluding tert-OH is 1. The van der Waals surface area contributed by atoms with Gasteiger partial charge in [-0.1, -0.05) is 0 Å². The Morgan fingerprint density at radius 1 is 1.29 bits per heavy atom. The van der Waals surface area contributed by atoms with Gasteiger partial charge in [-0.15, -0.1) is 10.1 Å². The second-order valence-corrected chi connectivity index (χ2v) is 3.98. The Hall–Kier alpha value is -0.960. The zero-order valence-corrected chi connectivity index (χ0v) is 9.19. The molecule has 0 saturated carbocycles. The Morgan fingerprint density at radius 3 is 2.82 bits per heavy atom. The van der Waals surface area contributed by atoms with Crippen molar-refractivity contribution in [1.29, 1.82) is 0 Å². The lowest BCUT2D eigenvalue weighted by atomic mass is 10.1. The number of aliphatic hydroxyl groups is 1. The minimum absolute atomic E-state index is 0.0121. The molecular weight excluding hydrogens is 234 g/mol. The van der Waals surface area contributed by atoms with Crippen LogP contribution < -0.4 is 0 Å². The summed E-state index contributed by atoms with van der Waals surface area (Å²) in [5, 5.41) is 18.5. The third-order valence-corrected chi connectivity index (χ3v) is 2.80. The molecule has 8 nitrogen and oxygen atoms in total. The van der Waals surface area contributed by atoms with Crippen molar-refractivity contribution >= 4 is 0 Å². The van der Waals surface area contributed by atoms with E-state index in [1.54, 1.807) is 0 Å². The molecule has 2 fully saturated rings. The summed E-state index contributed by atoms with van der Waals surface area (Å²) < 4.78 is 16.2. The van der Waals surface area contributed by atoms with E-state index >= 15 is 0 Å². The molecule has 8 heteroatoms. The van der Waals surface area contributed by atoms with E-state index in [1.807, 2.05) is 0 Å². The molecule has 0 spiro atoms. The van der Waals surface area contributed by atoms with Crippen LogP contribution in [0, 0.1) is 10.1 Å². The summed E-state index contributed by atoms with van der Waals surface area (Å²) in [4.78, 5) is 14.0. The molecule has 0 radical (unpaired) electrons. The van der Waals surface area contributed by atoms with Crippen molar-refractivity contribution in [2.75, 3.05) is 26.4 Å². The number of nitrogens with zero attached hydrogens (tertiary/aromatic N) is 1. The van der Waals surface area contributed by atoms with Gasteiger partial charge in [0.25, 0.3) is 5.09 Å². The molecular formula is C9H15NO7. The molecule has 2 saturated heterocycles. The Labute approximate surface area is 97.5 Å². The number of fused-ring (bicyclic) bond motifs is 1. The first-order valence-electron chi connectivity index (χ1n) is 5.48. The third kappa shape index (κ3) is 3.03. The van der Waals surface area contributed by atoms with Gasteiger partial charge in [0.05, 0.1) is 19.8 Å². The van der Waals surface area contributed by atoms with Crippen LogP contribution in [0.15, 0.2) is 0 Å². The Kier molecular flexibility index (Phi) is 4.11. The van der Waals surface area contributed by atoms with Crippen molar-refractivity contribution in [2.45, 2.75) is 30.8 Å². The van der Waals surface area contributed by atoms with E-state index in [9.17, 15) is 15.2 Å². The molecule has 4 atom stereocenters. The van der Waals surface area contributed by atoms with E-state index in [-0.39, 0.29) is 31.5 Å². The van der Waals surface area contributed by atoms with Gasteiger partial charge in [-0.2, -0.15) is 0 Å². The minimum atomic E-state index is -0.828. The first kappa shape index (κ1) is 12.5. The maximum absolute atomic E-state index is 9.88. The van der Waals surface area contributed by atoms with Crippen molar-refractivity contribution < 1.29 is 29.2 Å². The van der Waals surface area contributed by atoms with E-state index in [4.69, 9.17) is 14.2 Å². The van der Waals surface area contributed by atoms with E-state index in [0.29, 0.717) is 19.6 Å². The minimum Gasteiger partial charge on any atom is -0.388 e. The van der Waals surface area contributed by atoms with Crippen molar-refractivity contribution in [3.63, 3.8) is 0 Å². The number of rotatable bonds is 6. The van der Waals surface area contributed by atoms with Gasteiger partial charge in [-0.25, -0.2) is 0 Å². The number of hydrogen-bond acceptors (Lipinski definition) is 7. The summed E-state index contributed by atoms with van der Waals surface area (Å²) >= 11 is 0. The van der Waals surface area contributed by atoms with Gasteiger partial charge in [0.1, 0.15) is 24.4 Å². The smallest absolute Gasteiger partial charge is 0.294 e. The average Bonchev–Trinajstić information content (AvgIpc) is 2.82. The predicted octanol–water partition coefficient (Wildman–Crippen LogP) is -0.871. The van der Waals surface area contributed by atoms with Crippen LogP contribution in [0.3, 0.4) is 0 Å². The van der Waals surface area contributed by atoms with Gasteiger partial charge in [-0.05, 0) is 6.42 Å². The first-order valence-corrected chi connectivity index (χ1v) is 5.48. The second kappa shape index (κ2) is 5.58. The normalized spacial score (nSPS) is 35.8. The SMILES string of the molecule is O=[N+]([O-])OCCCO[C@@H]1CO[C@H]2[C@@H]1OC[C@H]2O. The van der Waals surface area contributed by atoms with Gasteiger partial charge in [-0.3, -0.25) is 0 Å². The second-order valence-electron chi connectivity index (χ2n) is 3.98. The monoisotopic (exact) mass is 249 g/mol. The van der Waals surface area contributed by atoms with Crippen LogP contribution in [-0.4, -0.2) is 61.0 Å². The highest BCUT2D eigenvalue weighted by Crippen LogP contribution is 2.28. The predicted molar refractivity (Wildman–Crippen MR) is 52.8 cm³/mol. The van der Waals surface area contributed by atoms with E-state index in [1.165, 1.54) is 0 Å². The van der Waals surface area contributed by atoms with Crippen LogP contribution in [0.2, 0.25) is 0 Å². The molecule has 0 aliphatic carbocycles. The van der Waals surface area contributed by atoms with Gasteiger partial charge < -0.3 is 24.2 Å². The molecule has 0 bridgehead atoms. The lowest BCUT2D eigenvalue weighted by Gasteiger charge is -2.16. The zero-order chi connectivity index (χ0) is 12.3. The Morgan fingerprint density at radius 2 is 2.06 bits per heavy atom. The highest BCUT2D eigenvalue weighted by molar-refractivity contribution is 4.94. The Balaban J connectivity index is 1.62. The standard InChI is InChI=1S/C9H15NO7/c11-6-4-15-9-7(5-16-8(6)9)14-2-1-3-17-10(12)13/h6-9,11H,1-5H2/t6-,7-,8-,9-/m1/s1. The van der Waals surface area contributed by atoms with Crippen molar-refractivity contribution in [1.82, 2.24) is 0 Å². The molecule has 0 unspecified atom stereocenters. The molecule has 0 aromatic rings. The molecule has 2 aliphatic rings. The summed E-state index contributed by atoms with van der Waals surface area (Å²) in [5.74, 6) is 0. The fourth-order valence-corrected chi connectivity index (χ4v) is 2.02. The molecule has 2 rings (SSSR count). The van der Waals surface area contributed by atoms with Crippen LogP contribution in [0.5, 0.6) is 0 Å². The lowest BCUT2D eigenvalue weighted by Crippen LogP contribution is -2.33. The van der Waals surface area contributed by atoms with Crippen LogP contribution in [0.25, 0.3) is 0 Å². The molecule has 98 valence electrons. The van der Waals surface area contributed by atoms with Crippen LogP contribution in [0.4, 0.5) is 0 Å². The fraction of sp³-hybridized carbons (Fsp3) is 1.00. The molecule has 0 aromatic heterocycles. The molecule has 0 amide bonds. The van der Waals surface area contributed by atoms with Crippen LogP contribution in [-0.2, 0) is 19.0 Å². The summed E-state index contributed by atoms with van der Waals surface area (Å²) in [6.07, 6.45) is -0.923. The van der Waals surface area contributed by atoms with Gasteiger partial charge in [0.2, 0.25) is 0 Å². The largest absolute Gasteiger partial charge is 0.388 e. The lowest BCUT2D eigenvalue weighted by molar-refractivity contribution is -0.757. The average molecular weight is 249 g/mol. The topological polar surface area (TPSA) is 100 Å². The summed E-state index contributed by atoms with van der Waals surface area (Å²) in [5.41, 5.74) is 0. The summed E-state index contributed by atoms with van der Waals surface area (Å²) in [6, 6.07) is 0. The van der Waals surface area contributed by atoms with Gasteiger partial charge in [0, 0.05) is 6.61 Å². The van der Waals surface area contributed by atoms with Crippen LogP contribution in [0.1, 0.15) is 6.42 Å². The van der Waals surface area contributed by atoms with Crippen molar-refractivity contribution in [3.05, 3.63) is 10.1 Å². The molecule has 0 aromatic carbocycles. The molecule has 2 aliphatic heterocycles. The number of ether oxygens (including phenoxy) is 3. The van der Waals surface area contributed by atoms with Crippen LogP contribution >= 0.6 is 0 Å². The van der Waals surface area contributed by atoms with E-state index in [2.05, 4.69) is 4.84 Å². The molecule has 17 heavy (non-hydrogen) atoms. The molecule has 1 N–H and O–H groups in total. The zero-order valence-electron chi connectivity index (χ0n) is 9.19. The van der Waals surface area contributed by atoms with Crippen molar-refractivity contribution in [2.24, 2.45) is 0 Å². The van der Waals surface area contributed by atoms with Crippen molar-refractivity contribution in [3.8, 4) is 0 Å². The fourth-order valence-electron chi connectivity index (χ4n) is 2.02. The maximum atomic E-state index is 9.88. The quantitative estimate of drug-likeness (QED) is 0.371. The Bertz CT molecular complexity index is 274. The highest BCUT2D eigenvalue weighted by Gasteiger charge is 2.47. The third-order valence-electron chi connectivity index (χ3n) is 2.80. The number of hydrogen-bond donors (Lipinski definition) is 1.